The number of nitriles is 1. The molecule has 1 rings (SSSR count). The van der Waals surface area contributed by atoms with E-state index in [4.69, 9.17) is 10.00 Å². The highest BCUT2D eigenvalue weighted by Crippen LogP contribution is 2.14. The van der Waals surface area contributed by atoms with Gasteiger partial charge in [-0.2, -0.15) is 5.26 Å². The first-order valence-corrected chi connectivity index (χ1v) is 6.45. The molecule has 1 aromatic carbocycles. The Morgan fingerprint density at radius 3 is 2.41 bits per heavy atom. The van der Waals surface area contributed by atoms with Crippen LogP contribution in [0, 0.1) is 11.3 Å². The topological polar surface area (TPSA) is 33.0 Å². The summed E-state index contributed by atoms with van der Waals surface area (Å²) >= 11 is 0. The fourth-order valence-corrected chi connectivity index (χ4v) is 1.80. The lowest BCUT2D eigenvalue weighted by Crippen LogP contribution is -1.93. The van der Waals surface area contributed by atoms with E-state index in [-0.39, 0.29) is 6.61 Å². The van der Waals surface area contributed by atoms with E-state index in [2.05, 4.69) is 19.1 Å². The molecule has 0 saturated heterocycles. The second kappa shape index (κ2) is 8.64. The Bertz CT molecular complexity index is 337. The van der Waals surface area contributed by atoms with Gasteiger partial charge in [0.25, 0.3) is 0 Å². The van der Waals surface area contributed by atoms with Crippen LogP contribution in [0.4, 0.5) is 0 Å². The van der Waals surface area contributed by atoms with E-state index in [0.29, 0.717) is 0 Å². The number of nitrogens with zero attached hydrogens (tertiary/aromatic N) is 1. The molecule has 92 valence electrons. The molecule has 1 aromatic rings. The number of aryl methyl sites for hydroxylation is 1. The minimum Gasteiger partial charge on any atom is -0.479 e. The smallest absolute Gasteiger partial charge is 0.174 e. The van der Waals surface area contributed by atoms with Crippen molar-refractivity contribution in [3.63, 3.8) is 0 Å². The van der Waals surface area contributed by atoms with E-state index < -0.39 is 0 Å². The maximum Gasteiger partial charge on any atom is 0.174 e. The van der Waals surface area contributed by atoms with Crippen LogP contribution in [0.5, 0.6) is 5.75 Å². The summed E-state index contributed by atoms with van der Waals surface area (Å²) in [5, 5.41) is 8.39. The van der Waals surface area contributed by atoms with Gasteiger partial charge in [0.2, 0.25) is 0 Å². The van der Waals surface area contributed by atoms with E-state index in [1.807, 2.05) is 18.2 Å². The van der Waals surface area contributed by atoms with E-state index in [0.717, 1.165) is 12.2 Å². The predicted octanol–water partition coefficient (Wildman–Crippen LogP) is 4.10. The summed E-state index contributed by atoms with van der Waals surface area (Å²) in [6, 6.07) is 10.0. The predicted molar refractivity (Wildman–Crippen MR) is 70.0 cm³/mol. The van der Waals surface area contributed by atoms with Gasteiger partial charge < -0.3 is 4.74 Å². The third-order valence-electron chi connectivity index (χ3n) is 2.80. The quantitative estimate of drug-likeness (QED) is 0.631. The monoisotopic (exact) mass is 231 g/mol. The number of hydrogen-bond donors (Lipinski definition) is 0. The average Bonchev–Trinajstić information content (AvgIpc) is 2.37. The van der Waals surface area contributed by atoms with Crippen molar-refractivity contribution in [2.24, 2.45) is 0 Å². The van der Waals surface area contributed by atoms with Crippen molar-refractivity contribution < 1.29 is 4.74 Å². The zero-order valence-electron chi connectivity index (χ0n) is 10.6. The van der Waals surface area contributed by atoms with Gasteiger partial charge in [-0.15, -0.1) is 0 Å². The summed E-state index contributed by atoms with van der Waals surface area (Å²) in [5.74, 6) is 0.779. The Balaban J connectivity index is 2.23. The third kappa shape index (κ3) is 5.97. The summed E-state index contributed by atoms with van der Waals surface area (Å²) in [5.41, 5.74) is 1.35. The van der Waals surface area contributed by atoms with Crippen LogP contribution in [0.25, 0.3) is 0 Å². The molecule has 2 nitrogen and oxygen atoms in total. The minimum absolute atomic E-state index is 0.121. The van der Waals surface area contributed by atoms with Crippen LogP contribution in [0.3, 0.4) is 0 Å². The zero-order chi connectivity index (χ0) is 12.3. The van der Waals surface area contributed by atoms with Crippen molar-refractivity contribution in [2.45, 2.75) is 45.4 Å². The molecule has 0 spiro atoms. The first kappa shape index (κ1) is 13.6. The Labute approximate surface area is 104 Å². The van der Waals surface area contributed by atoms with E-state index in [1.54, 1.807) is 0 Å². The van der Waals surface area contributed by atoms with Gasteiger partial charge in [-0.1, -0.05) is 44.7 Å². The molecule has 17 heavy (non-hydrogen) atoms. The molecule has 0 radical (unpaired) electrons. The fraction of sp³-hybridized carbons (Fsp3) is 0.533. The van der Waals surface area contributed by atoms with Gasteiger partial charge in [-0.25, -0.2) is 0 Å². The highest BCUT2D eigenvalue weighted by atomic mass is 16.5. The molecule has 2 heteroatoms. The van der Waals surface area contributed by atoms with Crippen LogP contribution in [0.2, 0.25) is 0 Å². The number of hydrogen-bond acceptors (Lipinski definition) is 2. The molecule has 0 heterocycles. The molecule has 0 aliphatic rings. The standard InChI is InChI=1S/C15H21NO/c1-2-3-4-5-6-7-14-8-10-15(11-9-14)17-13-12-16/h8-11H,2-7,13H2,1H3. The average molecular weight is 231 g/mol. The van der Waals surface area contributed by atoms with Crippen molar-refractivity contribution >= 4 is 0 Å². The van der Waals surface area contributed by atoms with Gasteiger partial charge >= 0.3 is 0 Å². The normalized spacial score (nSPS) is 9.88. The molecule has 0 N–H and O–H groups in total. The van der Waals surface area contributed by atoms with Gasteiger partial charge in [-0.05, 0) is 30.5 Å². The lowest BCUT2D eigenvalue weighted by molar-refractivity contribution is 0.368. The summed E-state index contributed by atoms with van der Waals surface area (Å²) in [6.45, 7) is 2.36. The minimum atomic E-state index is 0.121. The second-order valence-corrected chi connectivity index (χ2v) is 4.25. The van der Waals surface area contributed by atoms with Gasteiger partial charge in [-0.3, -0.25) is 0 Å². The van der Waals surface area contributed by atoms with Crippen LogP contribution < -0.4 is 4.74 Å². The van der Waals surface area contributed by atoms with Crippen LogP contribution in [0.15, 0.2) is 24.3 Å². The molecule has 0 bridgehead atoms. The molecule has 0 saturated carbocycles. The summed E-state index contributed by atoms with van der Waals surface area (Å²) < 4.78 is 5.21. The van der Waals surface area contributed by atoms with Gasteiger partial charge in [0.05, 0.1) is 0 Å². The SMILES string of the molecule is CCCCCCCc1ccc(OCC#N)cc1. The van der Waals surface area contributed by atoms with Gasteiger partial charge in [0.15, 0.2) is 6.61 Å². The molecule has 0 aliphatic carbocycles. The molecular formula is C15H21NO. The molecule has 0 amide bonds. The number of unbranched alkanes of at least 4 members (excludes halogenated alkanes) is 4. The lowest BCUT2D eigenvalue weighted by Gasteiger charge is -2.04. The third-order valence-corrected chi connectivity index (χ3v) is 2.80. The van der Waals surface area contributed by atoms with E-state index in [1.165, 1.54) is 37.7 Å². The Hall–Kier alpha value is -1.49. The second-order valence-electron chi connectivity index (χ2n) is 4.25. The van der Waals surface area contributed by atoms with Crippen LogP contribution >= 0.6 is 0 Å². The first-order chi connectivity index (χ1) is 8.36. The Kier molecular flexibility index (Phi) is 6.90. The van der Waals surface area contributed by atoms with Crippen LogP contribution in [0.1, 0.15) is 44.6 Å². The number of benzene rings is 1. The van der Waals surface area contributed by atoms with Crippen molar-refractivity contribution in [1.29, 1.82) is 5.26 Å². The molecule has 0 aromatic heterocycles. The highest BCUT2D eigenvalue weighted by molar-refractivity contribution is 5.27. The Morgan fingerprint density at radius 2 is 1.76 bits per heavy atom. The molecule has 0 unspecified atom stereocenters. The summed E-state index contributed by atoms with van der Waals surface area (Å²) in [4.78, 5) is 0. The highest BCUT2D eigenvalue weighted by Gasteiger charge is 1.96. The van der Waals surface area contributed by atoms with E-state index in [9.17, 15) is 0 Å². The largest absolute Gasteiger partial charge is 0.479 e. The molecule has 0 fully saturated rings. The molecular weight excluding hydrogens is 210 g/mol. The maximum absolute atomic E-state index is 8.39. The number of rotatable bonds is 8. The van der Waals surface area contributed by atoms with Crippen molar-refractivity contribution in [3.8, 4) is 11.8 Å². The Morgan fingerprint density at radius 1 is 1.06 bits per heavy atom. The van der Waals surface area contributed by atoms with Gasteiger partial charge in [0.1, 0.15) is 11.8 Å². The van der Waals surface area contributed by atoms with Crippen LogP contribution in [-0.2, 0) is 6.42 Å². The van der Waals surface area contributed by atoms with Crippen molar-refractivity contribution in [3.05, 3.63) is 29.8 Å². The number of ether oxygens (including phenoxy) is 1. The van der Waals surface area contributed by atoms with Crippen molar-refractivity contribution in [1.82, 2.24) is 0 Å². The molecule has 0 aliphatic heterocycles. The van der Waals surface area contributed by atoms with Gasteiger partial charge in [0, 0.05) is 0 Å². The first-order valence-electron chi connectivity index (χ1n) is 6.45. The fourth-order valence-electron chi connectivity index (χ4n) is 1.80. The lowest BCUT2D eigenvalue weighted by atomic mass is 10.1. The zero-order valence-corrected chi connectivity index (χ0v) is 10.6. The summed E-state index contributed by atoms with van der Waals surface area (Å²) in [6.07, 6.45) is 7.72. The summed E-state index contributed by atoms with van der Waals surface area (Å²) in [7, 11) is 0. The van der Waals surface area contributed by atoms with Crippen LogP contribution in [-0.4, -0.2) is 6.61 Å². The molecule has 0 atom stereocenters. The van der Waals surface area contributed by atoms with Crippen molar-refractivity contribution in [2.75, 3.05) is 6.61 Å². The maximum atomic E-state index is 8.39. The van der Waals surface area contributed by atoms with E-state index >= 15 is 0 Å².